The zero-order valence-corrected chi connectivity index (χ0v) is 11.7. The van der Waals surface area contributed by atoms with E-state index in [-0.39, 0.29) is 17.5 Å². The molecule has 2 atom stereocenters. The first kappa shape index (κ1) is 13.3. The predicted molar refractivity (Wildman–Crippen MR) is 73.9 cm³/mol. The van der Waals surface area contributed by atoms with Crippen molar-refractivity contribution in [2.24, 2.45) is 0 Å². The van der Waals surface area contributed by atoms with Crippen molar-refractivity contribution < 1.29 is 9.53 Å². The number of hydrogen-bond acceptors (Lipinski definition) is 3. The van der Waals surface area contributed by atoms with Gasteiger partial charge in [0, 0.05) is 5.54 Å². The Bertz CT molecular complexity index is 409. The molecule has 1 fully saturated rings. The van der Waals surface area contributed by atoms with E-state index in [9.17, 15) is 4.79 Å². The van der Waals surface area contributed by atoms with Gasteiger partial charge in [0.15, 0.2) is 0 Å². The van der Waals surface area contributed by atoms with Crippen LogP contribution in [0.1, 0.15) is 19.4 Å². The van der Waals surface area contributed by atoms with Crippen molar-refractivity contribution in [3.8, 4) is 0 Å². The smallest absolute Gasteiger partial charge is 0.408 e. The molecule has 1 aromatic carbocycles. The highest BCUT2D eigenvalue weighted by molar-refractivity contribution is 7.39. The number of carbonyl (C=O) groups excluding carboxylic acids is 1. The fourth-order valence-electron chi connectivity index (χ4n) is 1.82. The van der Waals surface area contributed by atoms with Crippen LogP contribution in [0.2, 0.25) is 0 Å². The molecule has 0 aliphatic carbocycles. The number of hydrogen-bond donors (Lipinski definition) is 2. The van der Waals surface area contributed by atoms with Crippen molar-refractivity contribution >= 4 is 14.7 Å². The molecule has 1 amide bonds. The summed E-state index contributed by atoms with van der Waals surface area (Å²) < 4.78 is 5.17. The summed E-state index contributed by atoms with van der Waals surface area (Å²) in [5, 5.41) is 6.20. The molecule has 2 unspecified atom stereocenters. The van der Waals surface area contributed by atoms with E-state index in [2.05, 4.69) is 24.5 Å². The molecule has 1 aromatic rings. The average Bonchev–Trinajstić information content (AvgIpc) is 2.67. The Balaban J connectivity index is 1.73. The van der Waals surface area contributed by atoms with Crippen molar-refractivity contribution in [3.05, 3.63) is 35.9 Å². The van der Waals surface area contributed by atoms with Crippen molar-refractivity contribution in [2.45, 2.75) is 31.9 Å². The Morgan fingerprint density at radius 1 is 1.50 bits per heavy atom. The van der Waals surface area contributed by atoms with Gasteiger partial charge in [-0.05, 0) is 25.6 Å². The van der Waals surface area contributed by atoms with E-state index in [0.717, 1.165) is 11.7 Å². The molecule has 4 nitrogen and oxygen atoms in total. The van der Waals surface area contributed by atoms with Gasteiger partial charge in [0.2, 0.25) is 0 Å². The third kappa shape index (κ3) is 3.97. The molecule has 2 rings (SSSR count). The summed E-state index contributed by atoms with van der Waals surface area (Å²) in [5.41, 5.74) is 1.10. The van der Waals surface area contributed by atoms with Crippen LogP contribution in [0, 0.1) is 0 Å². The number of carbonyl (C=O) groups is 1. The van der Waals surface area contributed by atoms with E-state index in [0.29, 0.717) is 15.2 Å². The maximum atomic E-state index is 11.6. The summed E-state index contributed by atoms with van der Waals surface area (Å²) in [6.07, 6.45) is 0.720. The highest BCUT2D eigenvalue weighted by Gasteiger charge is 2.30. The topological polar surface area (TPSA) is 50.4 Å². The Kier molecular flexibility index (Phi) is 4.20. The molecule has 1 heterocycles. The zero-order chi connectivity index (χ0) is 13.0. The summed E-state index contributed by atoms with van der Waals surface area (Å²) in [7, 11) is 0.692. The van der Waals surface area contributed by atoms with Crippen LogP contribution in [0.15, 0.2) is 30.3 Å². The lowest BCUT2D eigenvalue weighted by Crippen LogP contribution is -2.46. The number of amides is 1. The van der Waals surface area contributed by atoms with Crippen LogP contribution in [0.5, 0.6) is 0 Å². The van der Waals surface area contributed by atoms with Crippen molar-refractivity contribution in [3.63, 3.8) is 0 Å². The molecule has 0 saturated carbocycles. The van der Waals surface area contributed by atoms with E-state index in [1.54, 1.807) is 0 Å². The molecular formula is C13H19N2O2P. The lowest BCUT2D eigenvalue weighted by molar-refractivity contribution is 0.137. The minimum absolute atomic E-state index is 0.0447. The molecular weight excluding hydrogens is 247 g/mol. The van der Waals surface area contributed by atoms with Gasteiger partial charge in [-0.15, -0.1) is 0 Å². The van der Waals surface area contributed by atoms with Gasteiger partial charge >= 0.3 is 6.09 Å². The molecule has 18 heavy (non-hydrogen) atoms. The van der Waals surface area contributed by atoms with Crippen LogP contribution in [0.4, 0.5) is 4.79 Å². The van der Waals surface area contributed by atoms with Gasteiger partial charge in [-0.25, -0.2) is 4.79 Å². The maximum Gasteiger partial charge on any atom is 0.408 e. The number of ether oxygens (including phenoxy) is 1. The first-order chi connectivity index (χ1) is 8.55. The van der Waals surface area contributed by atoms with E-state index < -0.39 is 0 Å². The Morgan fingerprint density at radius 3 is 2.83 bits per heavy atom. The average molecular weight is 266 g/mol. The van der Waals surface area contributed by atoms with Crippen LogP contribution >= 0.6 is 8.58 Å². The molecule has 1 saturated heterocycles. The second-order valence-corrected chi connectivity index (χ2v) is 6.39. The van der Waals surface area contributed by atoms with Crippen molar-refractivity contribution in [1.82, 2.24) is 10.6 Å². The molecule has 98 valence electrons. The Morgan fingerprint density at radius 2 is 2.22 bits per heavy atom. The molecule has 5 heteroatoms. The molecule has 0 radical (unpaired) electrons. The van der Waals surface area contributed by atoms with Gasteiger partial charge in [-0.1, -0.05) is 38.9 Å². The van der Waals surface area contributed by atoms with Gasteiger partial charge in [0.05, 0.1) is 5.91 Å². The first-order valence-electron chi connectivity index (χ1n) is 6.03. The second-order valence-electron chi connectivity index (χ2n) is 5.05. The number of alkyl carbamates (subject to hydrolysis) is 1. The normalized spacial score (nSPS) is 22.9. The van der Waals surface area contributed by atoms with Gasteiger partial charge in [-0.2, -0.15) is 0 Å². The number of nitrogens with one attached hydrogen (secondary N) is 2. The van der Waals surface area contributed by atoms with Crippen molar-refractivity contribution in [2.75, 3.05) is 6.16 Å². The largest absolute Gasteiger partial charge is 0.445 e. The van der Waals surface area contributed by atoms with Crippen LogP contribution in [0.3, 0.4) is 0 Å². The monoisotopic (exact) mass is 266 g/mol. The summed E-state index contributed by atoms with van der Waals surface area (Å²) in [5.74, 6) is 0.0447. The van der Waals surface area contributed by atoms with Crippen LogP contribution in [-0.2, 0) is 11.3 Å². The van der Waals surface area contributed by atoms with Crippen molar-refractivity contribution in [1.29, 1.82) is 0 Å². The molecule has 1 aliphatic rings. The van der Waals surface area contributed by atoms with Gasteiger partial charge < -0.3 is 10.1 Å². The first-order valence-corrected chi connectivity index (χ1v) is 7.32. The number of rotatable bonds is 3. The van der Waals surface area contributed by atoms with E-state index in [1.165, 1.54) is 0 Å². The summed E-state index contributed by atoms with van der Waals surface area (Å²) in [6, 6.07) is 9.67. The van der Waals surface area contributed by atoms with Gasteiger partial charge in [0.1, 0.15) is 6.61 Å². The highest BCUT2D eigenvalue weighted by Crippen LogP contribution is 2.30. The third-order valence-electron chi connectivity index (χ3n) is 2.76. The minimum atomic E-state index is -0.360. The maximum absolute atomic E-state index is 11.6. The van der Waals surface area contributed by atoms with E-state index >= 15 is 0 Å². The van der Waals surface area contributed by atoms with Gasteiger partial charge in [0.25, 0.3) is 0 Å². The Hall–Kier alpha value is -1.12. The fraction of sp³-hybridized carbons (Fsp3) is 0.462. The highest BCUT2D eigenvalue weighted by atomic mass is 31.1. The fourth-order valence-corrected chi connectivity index (χ4v) is 3.35. The molecule has 2 N–H and O–H groups in total. The van der Waals surface area contributed by atoms with Crippen LogP contribution in [0.25, 0.3) is 0 Å². The van der Waals surface area contributed by atoms with E-state index in [4.69, 9.17) is 4.74 Å². The predicted octanol–water partition coefficient (Wildman–Crippen LogP) is 2.26. The summed E-state index contributed by atoms with van der Waals surface area (Å²) in [6.45, 7) is 4.58. The third-order valence-corrected chi connectivity index (χ3v) is 4.54. The zero-order valence-electron chi connectivity index (χ0n) is 10.7. The van der Waals surface area contributed by atoms with Crippen LogP contribution in [-0.4, -0.2) is 23.7 Å². The van der Waals surface area contributed by atoms with Gasteiger partial charge in [-0.3, -0.25) is 5.32 Å². The number of benzene rings is 1. The lowest BCUT2D eigenvalue weighted by Gasteiger charge is -2.20. The Labute approximate surface area is 109 Å². The SMILES string of the molecule is CC1(C)CPC(NC(=O)OCc2ccccc2)N1. The molecule has 0 spiro atoms. The lowest BCUT2D eigenvalue weighted by atomic mass is 10.1. The molecule has 0 aromatic heterocycles. The minimum Gasteiger partial charge on any atom is -0.445 e. The molecule has 1 aliphatic heterocycles. The summed E-state index contributed by atoms with van der Waals surface area (Å²) in [4.78, 5) is 11.6. The van der Waals surface area contributed by atoms with E-state index in [1.807, 2.05) is 30.3 Å². The quantitative estimate of drug-likeness (QED) is 0.825. The second kappa shape index (κ2) is 5.68. The standard InChI is InChI=1S/C13H19N2O2P/c1-13(2)9-18-11(15-13)14-12(16)17-8-10-6-4-3-5-7-10/h3-7,11,15,18H,8-9H2,1-2H3,(H,14,16). The summed E-state index contributed by atoms with van der Waals surface area (Å²) >= 11 is 0. The molecule has 0 bridgehead atoms. The van der Waals surface area contributed by atoms with Crippen LogP contribution < -0.4 is 10.6 Å².